The fourth-order valence-corrected chi connectivity index (χ4v) is 4.66. The summed E-state index contributed by atoms with van der Waals surface area (Å²) >= 11 is 12.5. The van der Waals surface area contributed by atoms with Crippen LogP contribution in [0.1, 0.15) is 31.7 Å². The Bertz CT molecular complexity index is 1220. The molecule has 0 atom stereocenters. The number of aryl methyl sites for hydroxylation is 1. The zero-order valence-electron chi connectivity index (χ0n) is 18.4. The van der Waals surface area contributed by atoms with E-state index in [0.717, 1.165) is 38.3 Å². The zero-order chi connectivity index (χ0) is 22.8. The Morgan fingerprint density at radius 3 is 2.53 bits per heavy atom. The van der Waals surface area contributed by atoms with Crippen molar-refractivity contribution in [1.29, 1.82) is 0 Å². The monoisotopic (exact) mass is 478 g/mol. The van der Waals surface area contributed by atoms with Crippen molar-refractivity contribution in [2.45, 2.75) is 32.7 Å². The molecule has 0 aliphatic carbocycles. The second-order valence-electron chi connectivity index (χ2n) is 8.26. The van der Waals surface area contributed by atoms with Gasteiger partial charge in [-0.15, -0.1) is 0 Å². The SMILES string of the molecule is CCCCCN1CCN(c2nc3c(c(=O)[nH]c(=O)n3C)n2Cc2ccc(Cl)cc2Cl)CC1. The predicted octanol–water partition coefficient (Wildman–Crippen LogP) is 3.09. The minimum Gasteiger partial charge on any atom is -0.340 e. The summed E-state index contributed by atoms with van der Waals surface area (Å²) in [6, 6.07) is 5.31. The Kier molecular flexibility index (Phi) is 6.93. The van der Waals surface area contributed by atoms with Gasteiger partial charge in [-0.2, -0.15) is 4.98 Å². The summed E-state index contributed by atoms with van der Waals surface area (Å²) in [5.41, 5.74) is 0.611. The second-order valence-corrected chi connectivity index (χ2v) is 9.10. The lowest BCUT2D eigenvalue weighted by Crippen LogP contribution is -2.47. The van der Waals surface area contributed by atoms with Crippen LogP contribution < -0.4 is 16.1 Å². The van der Waals surface area contributed by atoms with Gasteiger partial charge in [-0.25, -0.2) is 4.79 Å². The van der Waals surface area contributed by atoms with Gasteiger partial charge >= 0.3 is 5.69 Å². The molecule has 3 aromatic rings. The third kappa shape index (κ3) is 4.58. The Hall–Kier alpha value is -2.29. The number of aromatic nitrogens is 4. The summed E-state index contributed by atoms with van der Waals surface area (Å²) in [4.78, 5) is 36.8. The van der Waals surface area contributed by atoms with E-state index in [-0.39, 0.29) is 0 Å². The molecule has 172 valence electrons. The van der Waals surface area contributed by atoms with E-state index < -0.39 is 11.2 Å². The number of benzene rings is 1. The van der Waals surface area contributed by atoms with Crippen LogP contribution in [0.4, 0.5) is 5.95 Å². The van der Waals surface area contributed by atoms with E-state index in [9.17, 15) is 9.59 Å². The van der Waals surface area contributed by atoms with Crippen LogP contribution >= 0.6 is 23.2 Å². The van der Waals surface area contributed by atoms with Crippen molar-refractivity contribution in [3.63, 3.8) is 0 Å². The van der Waals surface area contributed by atoms with Gasteiger partial charge < -0.3 is 4.90 Å². The van der Waals surface area contributed by atoms with E-state index >= 15 is 0 Å². The Morgan fingerprint density at radius 2 is 1.84 bits per heavy atom. The normalized spacial score (nSPS) is 15.1. The van der Waals surface area contributed by atoms with E-state index in [2.05, 4.69) is 21.7 Å². The van der Waals surface area contributed by atoms with Crippen LogP contribution in [0.5, 0.6) is 0 Å². The average Bonchev–Trinajstić information content (AvgIpc) is 3.15. The fraction of sp³-hybridized carbons (Fsp3) is 0.500. The molecule has 0 bridgehead atoms. The molecule has 0 spiro atoms. The lowest BCUT2D eigenvalue weighted by molar-refractivity contribution is 0.251. The molecule has 32 heavy (non-hydrogen) atoms. The highest BCUT2D eigenvalue weighted by atomic mass is 35.5. The number of unbranched alkanes of at least 4 members (excludes halogenated alkanes) is 2. The van der Waals surface area contributed by atoms with E-state index in [1.807, 2.05) is 10.6 Å². The number of halogens is 2. The minimum atomic E-state index is -0.482. The van der Waals surface area contributed by atoms with Gasteiger partial charge in [0.05, 0.1) is 6.54 Å². The Labute approximate surface area is 196 Å². The van der Waals surface area contributed by atoms with Gasteiger partial charge in [0, 0.05) is 43.3 Å². The number of fused-ring (bicyclic) bond motifs is 1. The number of hydrogen-bond donors (Lipinski definition) is 1. The van der Waals surface area contributed by atoms with Crippen LogP contribution in [0, 0.1) is 0 Å². The van der Waals surface area contributed by atoms with Crippen molar-refractivity contribution in [2.24, 2.45) is 7.05 Å². The highest BCUT2D eigenvalue weighted by Gasteiger charge is 2.25. The molecule has 1 N–H and O–H groups in total. The standard InChI is InChI=1S/C22H28Cl2N6O2/c1-3-4-5-8-28-9-11-29(12-10-28)21-25-19-18(20(31)26-22(32)27(19)2)30(21)14-15-6-7-16(23)13-17(15)24/h6-7,13H,3-5,8-12,14H2,1-2H3,(H,26,31,32). The van der Waals surface area contributed by atoms with Gasteiger partial charge in [0.25, 0.3) is 5.56 Å². The molecule has 1 aromatic carbocycles. The first-order valence-corrected chi connectivity index (χ1v) is 11.8. The Morgan fingerprint density at radius 1 is 1.09 bits per heavy atom. The number of rotatable bonds is 7. The van der Waals surface area contributed by atoms with Crippen molar-refractivity contribution < 1.29 is 0 Å². The van der Waals surface area contributed by atoms with Crippen molar-refractivity contribution in [1.82, 2.24) is 24.0 Å². The molecular formula is C22H28Cl2N6O2. The molecule has 4 rings (SSSR count). The highest BCUT2D eigenvalue weighted by molar-refractivity contribution is 6.35. The number of imidazole rings is 1. The van der Waals surface area contributed by atoms with Crippen molar-refractivity contribution in [3.8, 4) is 0 Å². The number of aromatic amines is 1. The zero-order valence-corrected chi connectivity index (χ0v) is 19.9. The number of nitrogens with zero attached hydrogens (tertiary/aromatic N) is 5. The molecule has 0 saturated carbocycles. The molecule has 1 aliphatic heterocycles. The molecule has 1 aliphatic rings. The second kappa shape index (κ2) is 9.68. The first-order chi connectivity index (χ1) is 15.4. The maximum absolute atomic E-state index is 12.8. The number of piperazine rings is 1. The number of anilines is 1. The van der Waals surface area contributed by atoms with Crippen molar-refractivity contribution in [3.05, 3.63) is 54.6 Å². The minimum absolute atomic E-state index is 0.347. The summed E-state index contributed by atoms with van der Waals surface area (Å²) < 4.78 is 3.23. The summed E-state index contributed by atoms with van der Waals surface area (Å²) in [7, 11) is 1.61. The molecule has 0 amide bonds. The third-order valence-electron chi connectivity index (χ3n) is 6.06. The van der Waals surface area contributed by atoms with Crippen LogP contribution in [0.3, 0.4) is 0 Å². The Balaban J connectivity index is 1.71. The van der Waals surface area contributed by atoms with Crippen molar-refractivity contribution in [2.75, 3.05) is 37.6 Å². The van der Waals surface area contributed by atoms with Crippen LogP contribution in [-0.4, -0.2) is 56.7 Å². The van der Waals surface area contributed by atoms with E-state index in [4.69, 9.17) is 28.2 Å². The fourth-order valence-electron chi connectivity index (χ4n) is 4.19. The topological polar surface area (TPSA) is 79.2 Å². The molecule has 0 radical (unpaired) electrons. The summed E-state index contributed by atoms with van der Waals surface area (Å²) in [6.45, 7) is 7.13. The molecule has 0 unspecified atom stereocenters. The first kappa shape index (κ1) is 22.9. The number of hydrogen-bond acceptors (Lipinski definition) is 5. The van der Waals surface area contributed by atoms with E-state index in [1.165, 1.54) is 23.8 Å². The molecule has 8 nitrogen and oxygen atoms in total. The van der Waals surface area contributed by atoms with E-state index in [0.29, 0.717) is 33.7 Å². The smallest absolute Gasteiger partial charge is 0.329 e. The first-order valence-electron chi connectivity index (χ1n) is 11.0. The maximum atomic E-state index is 12.8. The maximum Gasteiger partial charge on any atom is 0.329 e. The molecule has 1 fully saturated rings. The van der Waals surface area contributed by atoms with Gasteiger partial charge in [0.1, 0.15) is 0 Å². The molecule has 10 heteroatoms. The molecular weight excluding hydrogens is 451 g/mol. The highest BCUT2D eigenvalue weighted by Crippen LogP contribution is 2.26. The van der Waals surface area contributed by atoms with Gasteiger partial charge in [0.15, 0.2) is 11.2 Å². The molecule has 2 aromatic heterocycles. The van der Waals surface area contributed by atoms with Gasteiger partial charge in [0.2, 0.25) is 5.95 Å². The summed E-state index contributed by atoms with van der Waals surface area (Å²) in [5, 5.41) is 1.07. The summed E-state index contributed by atoms with van der Waals surface area (Å²) in [6.07, 6.45) is 3.67. The lowest BCUT2D eigenvalue weighted by atomic mass is 10.2. The van der Waals surface area contributed by atoms with Gasteiger partial charge in [-0.05, 0) is 30.7 Å². The van der Waals surface area contributed by atoms with Crippen LogP contribution in [0.25, 0.3) is 11.2 Å². The van der Waals surface area contributed by atoms with Crippen LogP contribution in [0.2, 0.25) is 10.0 Å². The van der Waals surface area contributed by atoms with Gasteiger partial charge in [-0.1, -0.05) is 49.0 Å². The molecule has 1 saturated heterocycles. The third-order valence-corrected chi connectivity index (χ3v) is 6.65. The number of nitrogens with one attached hydrogen (secondary N) is 1. The molecule has 3 heterocycles. The quantitative estimate of drug-likeness (QED) is 0.527. The van der Waals surface area contributed by atoms with Crippen molar-refractivity contribution >= 4 is 40.3 Å². The van der Waals surface area contributed by atoms with Crippen LogP contribution in [0.15, 0.2) is 27.8 Å². The average molecular weight is 479 g/mol. The van der Waals surface area contributed by atoms with Crippen LogP contribution in [-0.2, 0) is 13.6 Å². The van der Waals surface area contributed by atoms with E-state index in [1.54, 1.807) is 19.2 Å². The lowest BCUT2D eigenvalue weighted by Gasteiger charge is -2.35. The summed E-state index contributed by atoms with van der Waals surface area (Å²) in [5.74, 6) is 0.672. The largest absolute Gasteiger partial charge is 0.340 e. The number of H-pyrrole nitrogens is 1. The van der Waals surface area contributed by atoms with Gasteiger partial charge in [-0.3, -0.25) is 23.8 Å². The predicted molar refractivity (Wildman–Crippen MR) is 129 cm³/mol.